The van der Waals surface area contributed by atoms with Crippen molar-refractivity contribution in [1.29, 1.82) is 0 Å². The fourth-order valence-corrected chi connectivity index (χ4v) is 2.26. The maximum Gasteiger partial charge on any atom is 0.270 e. The number of aromatic nitrogens is 1. The van der Waals surface area contributed by atoms with Crippen molar-refractivity contribution < 1.29 is 4.79 Å². The molecule has 0 saturated carbocycles. The third kappa shape index (κ3) is 3.90. The number of benzene rings is 1. The highest BCUT2D eigenvalue weighted by molar-refractivity contribution is 9.10. The highest BCUT2D eigenvalue weighted by Gasteiger charge is 2.12. The van der Waals surface area contributed by atoms with Crippen LogP contribution in [0.25, 0.3) is 0 Å². The van der Waals surface area contributed by atoms with Gasteiger partial charge in [0.1, 0.15) is 5.69 Å². The molecule has 1 N–H and O–H groups in total. The molecule has 0 aliphatic carbocycles. The van der Waals surface area contributed by atoms with Crippen LogP contribution in [0, 0.1) is 6.92 Å². The third-order valence-electron chi connectivity index (χ3n) is 3.12. The summed E-state index contributed by atoms with van der Waals surface area (Å²) in [6.07, 6.45) is 2.44. The molecule has 1 amide bonds. The summed E-state index contributed by atoms with van der Waals surface area (Å²) in [7, 11) is 0. The summed E-state index contributed by atoms with van der Waals surface area (Å²) >= 11 is 3.30. The van der Waals surface area contributed by atoms with Crippen molar-refractivity contribution in [1.82, 2.24) is 10.3 Å². The molecule has 0 aliphatic heterocycles. The van der Waals surface area contributed by atoms with Gasteiger partial charge in [-0.25, -0.2) is 4.98 Å². The smallest absolute Gasteiger partial charge is 0.270 e. The normalized spacial score (nSPS) is 11.9. The molecule has 1 atom stereocenters. The van der Waals surface area contributed by atoms with Gasteiger partial charge in [-0.3, -0.25) is 4.79 Å². The number of carbonyl (C=O) groups excluding carboxylic acids is 1. The molecule has 3 nitrogen and oxygen atoms in total. The van der Waals surface area contributed by atoms with E-state index in [1.165, 1.54) is 11.1 Å². The minimum absolute atomic E-state index is 0.0639. The molecule has 0 aliphatic rings. The van der Waals surface area contributed by atoms with Gasteiger partial charge in [-0.1, -0.05) is 24.3 Å². The van der Waals surface area contributed by atoms with Gasteiger partial charge in [-0.05, 0) is 59.5 Å². The molecule has 2 rings (SSSR count). The van der Waals surface area contributed by atoms with Gasteiger partial charge in [0.15, 0.2) is 0 Å². The second-order valence-electron chi connectivity index (χ2n) is 4.87. The van der Waals surface area contributed by atoms with Gasteiger partial charge in [0, 0.05) is 16.7 Å². The zero-order chi connectivity index (χ0) is 14.5. The molecule has 4 heteroatoms. The lowest BCUT2D eigenvalue weighted by Crippen LogP contribution is -2.34. The van der Waals surface area contributed by atoms with Crippen LogP contribution in [0.1, 0.15) is 28.5 Å². The van der Waals surface area contributed by atoms with Gasteiger partial charge in [-0.15, -0.1) is 0 Å². The van der Waals surface area contributed by atoms with Gasteiger partial charge in [0.2, 0.25) is 0 Å². The monoisotopic (exact) mass is 332 g/mol. The Kier molecular flexibility index (Phi) is 4.90. The molecule has 1 aromatic carbocycles. The van der Waals surface area contributed by atoms with Gasteiger partial charge < -0.3 is 5.32 Å². The Morgan fingerprint density at radius 3 is 2.70 bits per heavy atom. The SMILES string of the molecule is Cc1ccccc1CC(C)NC(=O)c1ccc(Br)cn1. The first-order chi connectivity index (χ1) is 9.56. The number of pyridine rings is 1. The van der Waals surface area contributed by atoms with E-state index in [4.69, 9.17) is 0 Å². The molecule has 104 valence electrons. The minimum Gasteiger partial charge on any atom is -0.348 e. The fourth-order valence-electron chi connectivity index (χ4n) is 2.03. The van der Waals surface area contributed by atoms with Crippen LogP contribution in [0.5, 0.6) is 0 Å². The van der Waals surface area contributed by atoms with E-state index in [9.17, 15) is 4.79 Å². The first-order valence-electron chi connectivity index (χ1n) is 6.53. The quantitative estimate of drug-likeness (QED) is 0.930. The summed E-state index contributed by atoms with van der Waals surface area (Å²) in [6.45, 7) is 4.09. The van der Waals surface area contributed by atoms with Crippen LogP contribution in [0.4, 0.5) is 0 Å². The Labute approximate surface area is 127 Å². The zero-order valence-electron chi connectivity index (χ0n) is 11.6. The molecule has 0 fully saturated rings. The Bertz CT molecular complexity index is 596. The van der Waals surface area contributed by atoms with Crippen LogP contribution in [-0.4, -0.2) is 16.9 Å². The number of amides is 1. The van der Waals surface area contributed by atoms with Crippen LogP contribution < -0.4 is 5.32 Å². The summed E-state index contributed by atoms with van der Waals surface area (Å²) in [4.78, 5) is 16.1. The Balaban J connectivity index is 1.98. The number of carbonyl (C=O) groups is 1. The summed E-state index contributed by atoms with van der Waals surface area (Å²) in [5.41, 5.74) is 2.93. The summed E-state index contributed by atoms with van der Waals surface area (Å²) in [5, 5.41) is 2.97. The third-order valence-corrected chi connectivity index (χ3v) is 3.59. The van der Waals surface area contributed by atoms with E-state index in [2.05, 4.69) is 45.3 Å². The average molecular weight is 333 g/mol. The van der Waals surface area contributed by atoms with E-state index < -0.39 is 0 Å². The van der Waals surface area contributed by atoms with Gasteiger partial charge >= 0.3 is 0 Å². The van der Waals surface area contributed by atoms with E-state index in [1.54, 1.807) is 12.3 Å². The molecule has 0 bridgehead atoms. The van der Waals surface area contributed by atoms with Crippen LogP contribution in [0.2, 0.25) is 0 Å². The lowest BCUT2D eigenvalue weighted by Gasteiger charge is -2.15. The highest BCUT2D eigenvalue weighted by atomic mass is 79.9. The Morgan fingerprint density at radius 1 is 1.30 bits per heavy atom. The van der Waals surface area contributed by atoms with Crippen LogP contribution >= 0.6 is 15.9 Å². The van der Waals surface area contributed by atoms with Crippen molar-refractivity contribution in [2.24, 2.45) is 0 Å². The number of aryl methyl sites for hydroxylation is 1. The van der Waals surface area contributed by atoms with E-state index in [-0.39, 0.29) is 11.9 Å². The number of rotatable bonds is 4. The Morgan fingerprint density at radius 2 is 2.05 bits per heavy atom. The molecule has 0 spiro atoms. The van der Waals surface area contributed by atoms with E-state index >= 15 is 0 Å². The van der Waals surface area contributed by atoms with E-state index in [1.807, 2.05) is 25.1 Å². The van der Waals surface area contributed by atoms with Gasteiger partial charge in [0.25, 0.3) is 5.91 Å². The summed E-state index contributed by atoms with van der Waals surface area (Å²) in [5.74, 6) is -0.140. The van der Waals surface area contributed by atoms with Gasteiger partial charge in [-0.2, -0.15) is 0 Å². The van der Waals surface area contributed by atoms with Crippen LogP contribution in [0.3, 0.4) is 0 Å². The number of halogens is 1. The molecule has 1 heterocycles. The zero-order valence-corrected chi connectivity index (χ0v) is 13.1. The number of nitrogens with zero attached hydrogens (tertiary/aromatic N) is 1. The average Bonchev–Trinajstić information content (AvgIpc) is 2.42. The minimum atomic E-state index is -0.140. The first kappa shape index (κ1) is 14.7. The number of nitrogens with one attached hydrogen (secondary N) is 1. The molecule has 0 radical (unpaired) electrons. The highest BCUT2D eigenvalue weighted by Crippen LogP contribution is 2.11. The largest absolute Gasteiger partial charge is 0.348 e. The van der Waals surface area contributed by atoms with Crippen molar-refractivity contribution in [3.63, 3.8) is 0 Å². The molecule has 1 unspecified atom stereocenters. The second kappa shape index (κ2) is 6.66. The first-order valence-corrected chi connectivity index (χ1v) is 7.32. The van der Waals surface area contributed by atoms with Crippen molar-refractivity contribution in [3.8, 4) is 0 Å². The summed E-state index contributed by atoms with van der Waals surface area (Å²) in [6, 6.07) is 11.8. The van der Waals surface area contributed by atoms with E-state index in [0.29, 0.717) is 5.69 Å². The second-order valence-corrected chi connectivity index (χ2v) is 5.78. The number of hydrogen-bond acceptors (Lipinski definition) is 2. The number of hydrogen-bond donors (Lipinski definition) is 1. The summed E-state index contributed by atoms with van der Waals surface area (Å²) < 4.78 is 0.863. The predicted octanol–water partition coefficient (Wildman–Crippen LogP) is 3.51. The molecule has 2 aromatic rings. The predicted molar refractivity (Wildman–Crippen MR) is 83.7 cm³/mol. The Hall–Kier alpha value is -1.68. The molecular formula is C16H17BrN2O. The molecule has 0 saturated heterocycles. The topological polar surface area (TPSA) is 42.0 Å². The van der Waals surface area contributed by atoms with Crippen molar-refractivity contribution in [3.05, 3.63) is 63.9 Å². The van der Waals surface area contributed by atoms with Gasteiger partial charge in [0.05, 0.1) is 0 Å². The lowest BCUT2D eigenvalue weighted by atomic mass is 10.0. The fraction of sp³-hybridized carbons (Fsp3) is 0.250. The van der Waals surface area contributed by atoms with Crippen LogP contribution in [0.15, 0.2) is 47.1 Å². The van der Waals surface area contributed by atoms with E-state index in [0.717, 1.165) is 10.9 Å². The maximum absolute atomic E-state index is 12.1. The van der Waals surface area contributed by atoms with Crippen molar-refractivity contribution in [2.75, 3.05) is 0 Å². The molecule has 20 heavy (non-hydrogen) atoms. The molecule has 1 aromatic heterocycles. The lowest BCUT2D eigenvalue weighted by molar-refractivity contribution is 0.0935. The van der Waals surface area contributed by atoms with Crippen LogP contribution in [-0.2, 0) is 6.42 Å². The molecular weight excluding hydrogens is 316 g/mol. The van der Waals surface area contributed by atoms with Crippen molar-refractivity contribution >= 4 is 21.8 Å². The standard InChI is InChI=1S/C16H17BrN2O/c1-11-5-3-4-6-13(11)9-12(2)19-16(20)15-8-7-14(17)10-18-15/h3-8,10,12H,9H2,1-2H3,(H,19,20). The maximum atomic E-state index is 12.1. The van der Waals surface area contributed by atoms with Crippen molar-refractivity contribution in [2.45, 2.75) is 26.3 Å².